The maximum absolute atomic E-state index is 13.6. The van der Waals surface area contributed by atoms with E-state index in [4.69, 9.17) is 28.1 Å². The molecule has 9 nitrogen and oxygen atoms in total. The molecule has 0 aliphatic carbocycles. The lowest BCUT2D eigenvalue weighted by molar-refractivity contribution is -0.290. The van der Waals surface area contributed by atoms with Gasteiger partial charge in [0.15, 0.2) is 27.0 Å². The highest BCUT2D eigenvalue weighted by atomic mass is 28.4. The van der Waals surface area contributed by atoms with Gasteiger partial charge in [0.05, 0.1) is 29.4 Å². The molecule has 2 aliphatic heterocycles. The van der Waals surface area contributed by atoms with E-state index in [0.29, 0.717) is 17.0 Å². The van der Waals surface area contributed by atoms with Crippen molar-refractivity contribution >= 4 is 20.3 Å². The molecule has 2 heterocycles. The van der Waals surface area contributed by atoms with E-state index in [-0.39, 0.29) is 23.5 Å². The first-order valence-electron chi connectivity index (χ1n) is 17.4. The van der Waals surface area contributed by atoms with E-state index in [9.17, 15) is 14.7 Å². The first kappa shape index (κ1) is 38.2. The number of benzene rings is 2. The molecule has 9 unspecified atom stereocenters. The van der Waals surface area contributed by atoms with Crippen LogP contribution >= 0.6 is 0 Å². The Morgan fingerprint density at radius 3 is 1.96 bits per heavy atom. The zero-order chi connectivity index (χ0) is 35.4. The van der Waals surface area contributed by atoms with Crippen LogP contribution in [0, 0.1) is 23.7 Å². The molecule has 4 rings (SSSR count). The minimum atomic E-state index is -2.47. The molecule has 2 aromatic rings. The van der Waals surface area contributed by atoms with E-state index >= 15 is 0 Å². The van der Waals surface area contributed by atoms with Crippen molar-refractivity contribution in [2.24, 2.45) is 23.7 Å². The monoisotopic (exact) mass is 684 g/mol. The predicted molar refractivity (Wildman–Crippen MR) is 186 cm³/mol. The van der Waals surface area contributed by atoms with Gasteiger partial charge >= 0.3 is 11.9 Å². The maximum Gasteiger partial charge on any atom is 0.338 e. The van der Waals surface area contributed by atoms with Gasteiger partial charge in [-0.15, -0.1) is 0 Å². The van der Waals surface area contributed by atoms with E-state index in [2.05, 4.69) is 54.6 Å². The molecule has 266 valence electrons. The standard InChI is InChI=1S/C38H56O9Si/c1-11-24(4)31-32(46-36-26(6)30(39)25(5)29(43-36)22-42-34(40)27-18-14-12-15-19-27)33(44-35(41)28-20-16-13-17-21-28)37(45-31)47-48(9,10)38(7,8)23(2)3/h12-21,23-26,29-33,36-37,39H,11,22H2,1-10H3/t24-,25?,26?,29?,30?,31?,32?,33?,36?,37?/m1/s1. The Balaban J connectivity index is 1.63. The summed E-state index contributed by atoms with van der Waals surface area (Å²) < 4.78 is 38.7. The SMILES string of the molecule is CC[C@@H](C)C1OC(O[Si](C)(C)C(C)(C)C(C)C)C(OC(=O)c2ccccc2)C1OC1OC(COC(=O)c2ccccc2)C(C)C(O)C1C. The summed E-state index contributed by atoms with van der Waals surface area (Å²) in [7, 11) is -2.47. The van der Waals surface area contributed by atoms with Gasteiger partial charge in [-0.3, -0.25) is 0 Å². The van der Waals surface area contributed by atoms with Crippen LogP contribution in [0.2, 0.25) is 18.1 Å². The van der Waals surface area contributed by atoms with Crippen molar-refractivity contribution in [1.82, 2.24) is 0 Å². The molecule has 0 bridgehead atoms. The Bertz CT molecular complexity index is 1330. The molecule has 48 heavy (non-hydrogen) atoms. The van der Waals surface area contributed by atoms with Crippen molar-refractivity contribution in [3.8, 4) is 0 Å². The molecular formula is C38H56O9Si. The zero-order valence-corrected chi connectivity index (χ0v) is 31.3. The highest BCUT2D eigenvalue weighted by Crippen LogP contribution is 2.47. The number of hydrogen-bond donors (Lipinski definition) is 1. The Morgan fingerprint density at radius 2 is 1.42 bits per heavy atom. The second-order valence-corrected chi connectivity index (χ2v) is 19.5. The Hall–Kier alpha value is -2.60. The van der Waals surface area contributed by atoms with E-state index in [1.807, 2.05) is 26.0 Å². The van der Waals surface area contributed by atoms with Crippen LogP contribution in [-0.4, -0.2) is 75.1 Å². The number of hydrogen-bond acceptors (Lipinski definition) is 9. The summed E-state index contributed by atoms with van der Waals surface area (Å²) in [6, 6.07) is 17.6. The van der Waals surface area contributed by atoms with Gasteiger partial charge in [-0.1, -0.05) is 98.2 Å². The second kappa shape index (κ2) is 16.0. The number of aliphatic hydroxyl groups is 1. The molecule has 10 atom stereocenters. The molecule has 10 heteroatoms. The number of rotatable bonds is 13. The quantitative estimate of drug-likeness (QED) is 0.173. The van der Waals surface area contributed by atoms with Crippen molar-refractivity contribution in [2.45, 2.75) is 123 Å². The van der Waals surface area contributed by atoms with Gasteiger partial charge in [0.2, 0.25) is 0 Å². The molecular weight excluding hydrogens is 628 g/mol. The Morgan fingerprint density at radius 1 is 0.854 bits per heavy atom. The molecule has 1 N–H and O–H groups in total. The van der Waals surface area contributed by atoms with E-state index in [0.717, 1.165) is 6.42 Å². The van der Waals surface area contributed by atoms with Crippen LogP contribution in [0.5, 0.6) is 0 Å². The summed E-state index contributed by atoms with van der Waals surface area (Å²) in [6.45, 7) is 21.0. The number of carbonyl (C=O) groups is 2. The second-order valence-electron chi connectivity index (χ2n) is 14.9. The molecule has 0 saturated carbocycles. The molecule has 2 aromatic carbocycles. The van der Waals surface area contributed by atoms with Crippen LogP contribution in [0.4, 0.5) is 0 Å². The minimum Gasteiger partial charge on any atom is -0.459 e. The molecule has 0 radical (unpaired) electrons. The average Bonchev–Trinajstić information content (AvgIpc) is 3.39. The van der Waals surface area contributed by atoms with Crippen LogP contribution in [0.15, 0.2) is 60.7 Å². The number of ether oxygens (including phenoxy) is 5. The summed E-state index contributed by atoms with van der Waals surface area (Å²) in [5, 5.41) is 11.2. The zero-order valence-electron chi connectivity index (χ0n) is 30.3. The highest BCUT2D eigenvalue weighted by molar-refractivity contribution is 6.74. The smallest absolute Gasteiger partial charge is 0.338 e. The van der Waals surface area contributed by atoms with Crippen molar-refractivity contribution < 1.29 is 42.8 Å². The van der Waals surface area contributed by atoms with Crippen LogP contribution in [0.25, 0.3) is 0 Å². The van der Waals surface area contributed by atoms with Crippen LogP contribution in [0.3, 0.4) is 0 Å². The van der Waals surface area contributed by atoms with Gasteiger partial charge in [-0.2, -0.15) is 0 Å². The van der Waals surface area contributed by atoms with Gasteiger partial charge < -0.3 is 33.2 Å². The molecule has 2 aliphatic rings. The molecule has 0 spiro atoms. The summed E-state index contributed by atoms with van der Waals surface area (Å²) >= 11 is 0. The van der Waals surface area contributed by atoms with E-state index < -0.39 is 69.3 Å². The Kier molecular flexibility index (Phi) is 12.7. The third-order valence-corrected chi connectivity index (χ3v) is 15.7. The van der Waals surface area contributed by atoms with Gasteiger partial charge in [0.1, 0.15) is 12.7 Å². The molecule has 0 aromatic heterocycles. The lowest BCUT2D eigenvalue weighted by Gasteiger charge is -2.44. The van der Waals surface area contributed by atoms with E-state index in [1.165, 1.54) is 0 Å². The highest BCUT2D eigenvalue weighted by Gasteiger charge is 2.56. The van der Waals surface area contributed by atoms with Crippen molar-refractivity contribution in [2.75, 3.05) is 6.61 Å². The average molecular weight is 685 g/mol. The van der Waals surface area contributed by atoms with E-state index in [1.54, 1.807) is 48.5 Å². The summed E-state index contributed by atoms with van der Waals surface area (Å²) in [5.41, 5.74) is 0.844. The van der Waals surface area contributed by atoms with Crippen molar-refractivity contribution in [1.29, 1.82) is 0 Å². The summed E-state index contributed by atoms with van der Waals surface area (Å²) in [6.07, 6.45) is -4.57. The van der Waals surface area contributed by atoms with Gasteiger partial charge in [-0.25, -0.2) is 9.59 Å². The van der Waals surface area contributed by atoms with Gasteiger partial charge in [0.25, 0.3) is 0 Å². The summed E-state index contributed by atoms with van der Waals surface area (Å²) in [5.74, 6) is -1.38. The number of carbonyl (C=O) groups excluding carboxylic acids is 2. The molecule has 2 saturated heterocycles. The van der Waals surface area contributed by atoms with Gasteiger partial charge in [0, 0.05) is 11.8 Å². The topological polar surface area (TPSA) is 110 Å². The minimum absolute atomic E-state index is 0.0229. The normalized spacial score (nSPS) is 30.2. The number of esters is 2. The predicted octanol–water partition coefficient (Wildman–Crippen LogP) is 7.24. The fourth-order valence-corrected chi connectivity index (χ4v) is 8.68. The maximum atomic E-state index is 13.6. The van der Waals surface area contributed by atoms with Crippen LogP contribution < -0.4 is 0 Å². The number of aliphatic hydroxyl groups excluding tert-OH is 1. The van der Waals surface area contributed by atoms with Crippen molar-refractivity contribution in [3.63, 3.8) is 0 Å². The molecule has 2 fully saturated rings. The Labute approximate surface area is 287 Å². The third kappa shape index (κ3) is 8.39. The van der Waals surface area contributed by atoms with Gasteiger partial charge in [-0.05, 0) is 54.2 Å². The largest absolute Gasteiger partial charge is 0.459 e. The first-order valence-corrected chi connectivity index (χ1v) is 20.3. The third-order valence-electron chi connectivity index (χ3n) is 11.2. The van der Waals surface area contributed by atoms with Crippen LogP contribution in [-0.2, 0) is 28.1 Å². The first-order chi connectivity index (χ1) is 22.6. The summed E-state index contributed by atoms with van der Waals surface area (Å²) in [4.78, 5) is 26.3. The molecule has 0 amide bonds. The fourth-order valence-electron chi connectivity index (χ4n) is 6.21. The fraction of sp³-hybridized carbons (Fsp3) is 0.632. The lowest BCUT2D eigenvalue weighted by Crippen LogP contribution is -2.55. The van der Waals surface area contributed by atoms with Crippen LogP contribution in [0.1, 0.15) is 82.5 Å². The lowest BCUT2D eigenvalue weighted by atomic mass is 9.86. The van der Waals surface area contributed by atoms with Crippen molar-refractivity contribution in [3.05, 3.63) is 71.8 Å².